The number of rotatable bonds is 9. The molecule has 2 fully saturated rings. The zero-order chi connectivity index (χ0) is 23.1. The highest BCUT2D eigenvalue weighted by Crippen LogP contribution is 2.42. The van der Waals surface area contributed by atoms with Crippen LogP contribution < -0.4 is 5.73 Å². The molecule has 6 heteroatoms. The van der Waals surface area contributed by atoms with Crippen LogP contribution in [0.2, 0.25) is 0 Å². The number of likely N-dealkylation sites (tertiary alicyclic amines) is 1. The van der Waals surface area contributed by atoms with Gasteiger partial charge in [-0.05, 0) is 43.8 Å². The Hall–Kier alpha value is -1.99. The maximum Gasteiger partial charge on any atom is 0.228 e. The molecule has 33 heavy (non-hydrogen) atoms. The third-order valence-corrected chi connectivity index (χ3v) is 7.95. The van der Waals surface area contributed by atoms with E-state index in [9.17, 15) is 4.79 Å². The monoisotopic (exact) mass is 452 g/mol. The van der Waals surface area contributed by atoms with Gasteiger partial charge in [0.25, 0.3) is 0 Å². The number of carbonyl (C=O) groups is 1. The number of nitrogens with zero attached hydrogens (tertiary/aromatic N) is 3. The summed E-state index contributed by atoms with van der Waals surface area (Å²) < 4.78 is 5.26. The van der Waals surface area contributed by atoms with E-state index in [1.54, 1.807) is 7.11 Å². The summed E-state index contributed by atoms with van der Waals surface area (Å²) in [4.78, 5) is 20.2. The molecule has 4 rings (SSSR count). The van der Waals surface area contributed by atoms with Crippen LogP contribution in [-0.2, 0) is 9.53 Å². The molecular weight excluding hydrogens is 412 g/mol. The van der Waals surface area contributed by atoms with E-state index in [2.05, 4.69) is 57.2 Å². The fourth-order valence-electron chi connectivity index (χ4n) is 5.82. The van der Waals surface area contributed by atoms with Gasteiger partial charge in [0.2, 0.25) is 5.91 Å². The molecule has 2 aliphatic heterocycles. The number of methoxy groups -OCH3 is 1. The Bertz CT molecular complexity index is 811. The van der Waals surface area contributed by atoms with Crippen LogP contribution in [0.25, 0.3) is 0 Å². The number of benzene rings is 1. The van der Waals surface area contributed by atoms with Crippen molar-refractivity contribution in [2.24, 2.45) is 17.1 Å². The molecule has 1 aromatic carbocycles. The van der Waals surface area contributed by atoms with E-state index in [-0.39, 0.29) is 5.91 Å². The average molecular weight is 453 g/mol. The first-order valence-electron chi connectivity index (χ1n) is 12.5. The van der Waals surface area contributed by atoms with Gasteiger partial charge in [-0.25, -0.2) is 0 Å². The zero-order valence-corrected chi connectivity index (χ0v) is 20.1. The van der Waals surface area contributed by atoms with Crippen LogP contribution in [-0.4, -0.2) is 86.7 Å². The number of amides is 1. The Morgan fingerprint density at radius 3 is 2.39 bits per heavy atom. The van der Waals surface area contributed by atoms with E-state index in [1.165, 1.54) is 5.56 Å². The summed E-state index contributed by atoms with van der Waals surface area (Å²) >= 11 is 0. The van der Waals surface area contributed by atoms with Gasteiger partial charge in [-0.2, -0.15) is 0 Å². The Balaban J connectivity index is 1.38. The molecule has 2 atom stereocenters. The number of hydrogen-bond donors (Lipinski definition) is 1. The van der Waals surface area contributed by atoms with E-state index in [1.807, 2.05) is 12.2 Å². The Morgan fingerprint density at radius 2 is 1.79 bits per heavy atom. The molecule has 0 radical (unpaired) electrons. The summed E-state index contributed by atoms with van der Waals surface area (Å²) in [6.45, 7) is 9.25. The number of allylic oxidation sites excluding steroid dienone is 3. The van der Waals surface area contributed by atoms with Crippen LogP contribution in [0.4, 0.5) is 0 Å². The van der Waals surface area contributed by atoms with Crippen molar-refractivity contribution < 1.29 is 9.53 Å². The summed E-state index contributed by atoms with van der Waals surface area (Å²) in [7, 11) is 1.78. The zero-order valence-electron chi connectivity index (χ0n) is 20.1. The fourth-order valence-corrected chi connectivity index (χ4v) is 5.82. The smallest absolute Gasteiger partial charge is 0.228 e. The van der Waals surface area contributed by atoms with E-state index >= 15 is 0 Å². The molecule has 2 heterocycles. The molecule has 6 nitrogen and oxygen atoms in total. The molecule has 1 amide bonds. The lowest BCUT2D eigenvalue weighted by Crippen LogP contribution is -2.52. The van der Waals surface area contributed by atoms with Gasteiger partial charge in [-0.15, -0.1) is 0 Å². The molecular formula is C27H40N4O2. The molecule has 2 N–H and O–H groups in total. The van der Waals surface area contributed by atoms with Gasteiger partial charge in [-0.1, -0.05) is 54.6 Å². The van der Waals surface area contributed by atoms with Gasteiger partial charge in [0.05, 0.1) is 12.0 Å². The van der Waals surface area contributed by atoms with Gasteiger partial charge < -0.3 is 15.4 Å². The minimum Gasteiger partial charge on any atom is -0.383 e. The number of piperidine rings is 1. The summed E-state index contributed by atoms with van der Waals surface area (Å²) in [6.07, 6.45) is 11.0. The van der Waals surface area contributed by atoms with Crippen LogP contribution in [0.5, 0.6) is 0 Å². The number of nitrogens with two attached hydrogens (primary N) is 1. The lowest BCUT2D eigenvalue weighted by atomic mass is 9.67. The highest BCUT2D eigenvalue weighted by atomic mass is 16.5. The molecule has 2 saturated heterocycles. The standard InChI is InChI=1S/C27H40N4O2/c1-33-21-20-29-16-18-31(19-17-29)25(23-8-4-2-5-9-23)22-30-14-10-24(11-15-30)27(26(28)32)12-6-3-7-13-27/h2-9,12,24-25H,10-11,13-22H2,1H3,(H2,28,32). The lowest BCUT2D eigenvalue weighted by Gasteiger charge is -2.44. The summed E-state index contributed by atoms with van der Waals surface area (Å²) in [5.41, 5.74) is 6.81. The Morgan fingerprint density at radius 1 is 1.06 bits per heavy atom. The summed E-state index contributed by atoms with van der Waals surface area (Å²) in [5, 5.41) is 0. The van der Waals surface area contributed by atoms with Crippen molar-refractivity contribution in [3.05, 3.63) is 60.2 Å². The molecule has 0 spiro atoms. The molecule has 0 bridgehead atoms. The molecule has 1 aromatic rings. The van der Waals surface area contributed by atoms with Crippen molar-refractivity contribution in [1.82, 2.24) is 14.7 Å². The first-order valence-corrected chi connectivity index (χ1v) is 12.5. The van der Waals surface area contributed by atoms with Crippen molar-refractivity contribution >= 4 is 5.91 Å². The van der Waals surface area contributed by atoms with Gasteiger partial charge in [0.1, 0.15) is 0 Å². The first-order chi connectivity index (χ1) is 16.1. The molecule has 3 aliphatic rings. The Kier molecular flexibility index (Phi) is 8.36. The number of carbonyl (C=O) groups excluding carboxylic acids is 1. The minimum atomic E-state index is -0.502. The largest absolute Gasteiger partial charge is 0.383 e. The highest BCUT2D eigenvalue weighted by molar-refractivity contribution is 5.84. The number of hydrogen-bond acceptors (Lipinski definition) is 5. The van der Waals surface area contributed by atoms with E-state index in [4.69, 9.17) is 10.5 Å². The highest BCUT2D eigenvalue weighted by Gasteiger charge is 2.43. The quantitative estimate of drug-likeness (QED) is 0.624. The van der Waals surface area contributed by atoms with Crippen LogP contribution >= 0.6 is 0 Å². The average Bonchev–Trinajstić information content (AvgIpc) is 2.87. The van der Waals surface area contributed by atoms with Crippen molar-refractivity contribution in [2.75, 3.05) is 66.1 Å². The summed E-state index contributed by atoms with van der Waals surface area (Å²) in [6, 6.07) is 11.4. The molecule has 1 aliphatic carbocycles. The maximum atomic E-state index is 12.4. The van der Waals surface area contributed by atoms with Gasteiger partial charge in [-0.3, -0.25) is 14.6 Å². The van der Waals surface area contributed by atoms with Crippen molar-refractivity contribution in [1.29, 1.82) is 0 Å². The predicted molar refractivity (Wildman–Crippen MR) is 133 cm³/mol. The second kappa shape index (κ2) is 11.4. The molecule has 0 saturated carbocycles. The van der Waals surface area contributed by atoms with Crippen LogP contribution in [0.15, 0.2) is 54.6 Å². The van der Waals surface area contributed by atoms with Crippen molar-refractivity contribution in [3.8, 4) is 0 Å². The van der Waals surface area contributed by atoms with E-state index < -0.39 is 5.41 Å². The lowest BCUT2D eigenvalue weighted by molar-refractivity contribution is -0.128. The SMILES string of the molecule is COCCN1CCN(C(CN2CCC(C3(C(N)=O)C=CC=CC3)CC2)c2ccccc2)CC1. The second-order valence-corrected chi connectivity index (χ2v) is 9.77. The number of primary amides is 1. The number of piperazine rings is 1. The second-order valence-electron chi connectivity index (χ2n) is 9.77. The van der Waals surface area contributed by atoms with Gasteiger partial charge >= 0.3 is 0 Å². The number of ether oxygens (including phenoxy) is 1. The van der Waals surface area contributed by atoms with Gasteiger partial charge in [0.15, 0.2) is 0 Å². The predicted octanol–water partition coefficient (Wildman–Crippen LogP) is 2.69. The third kappa shape index (κ3) is 5.75. The third-order valence-electron chi connectivity index (χ3n) is 7.95. The topological polar surface area (TPSA) is 62.0 Å². The molecule has 180 valence electrons. The molecule has 0 aromatic heterocycles. The fraction of sp³-hybridized carbons (Fsp3) is 0.593. The minimum absolute atomic E-state index is 0.171. The van der Waals surface area contributed by atoms with Crippen molar-refractivity contribution in [2.45, 2.75) is 25.3 Å². The normalized spacial score (nSPS) is 26.5. The Labute approximate surface area is 199 Å². The maximum absolute atomic E-state index is 12.4. The molecule has 2 unspecified atom stereocenters. The van der Waals surface area contributed by atoms with Crippen LogP contribution in [0.3, 0.4) is 0 Å². The van der Waals surface area contributed by atoms with Crippen molar-refractivity contribution in [3.63, 3.8) is 0 Å². The summed E-state index contributed by atoms with van der Waals surface area (Å²) in [5.74, 6) is 0.155. The van der Waals surface area contributed by atoms with E-state index in [0.29, 0.717) is 12.0 Å². The van der Waals surface area contributed by atoms with Crippen LogP contribution in [0.1, 0.15) is 30.9 Å². The van der Waals surface area contributed by atoms with E-state index in [0.717, 1.165) is 78.2 Å². The van der Waals surface area contributed by atoms with Gasteiger partial charge in [0, 0.05) is 52.4 Å². The first kappa shape index (κ1) is 24.1. The van der Waals surface area contributed by atoms with Crippen LogP contribution in [0, 0.1) is 11.3 Å².